The monoisotopic (exact) mass is 394 g/mol. The average Bonchev–Trinajstić information content (AvgIpc) is 3.13. The summed E-state index contributed by atoms with van der Waals surface area (Å²) in [6.07, 6.45) is 6.27. The maximum absolute atomic E-state index is 13.2. The van der Waals surface area contributed by atoms with Crippen molar-refractivity contribution in [2.24, 2.45) is 0 Å². The predicted molar refractivity (Wildman–Crippen MR) is 114 cm³/mol. The Hall–Kier alpha value is -2.69. The van der Waals surface area contributed by atoms with E-state index in [4.69, 9.17) is 0 Å². The second-order valence-electron chi connectivity index (χ2n) is 8.67. The highest BCUT2D eigenvalue weighted by Gasteiger charge is 2.29. The van der Waals surface area contributed by atoms with Gasteiger partial charge in [-0.3, -0.25) is 4.79 Å². The molecule has 1 aliphatic carbocycles. The molecule has 1 saturated carbocycles. The number of phenols is 2. The SMILES string of the molecule is CC(C)c1cc(C(=O)N2Cc3cccc(NC4CCCCC4)c3C2)c(O)cc1O. The molecule has 29 heavy (non-hydrogen) atoms. The number of anilines is 1. The van der Waals surface area contributed by atoms with Gasteiger partial charge in [-0.15, -0.1) is 0 Å². The van der Waals surface area contributed by atoms with E-state index in [0.717, 1.165) is 11.3 Å². The van der Waals surface area contributed by atoms with Gasteiger partial charge in [0.05, 0.1) is 5.56 Å². The lowest BCUT2D eigenvalue weighted by atomic mass is 9.95. The number of aromatic hydroxyl groups is 2. The Labute approximate surface area is 172 Å². The molecular weight excluding hydrogens is 364 g/mol. The zero-order chi connectivity index (χ0) is 20.5. The third-order valence-corrected chi connectivity index (χ3v) is 6.23. The molecule has 1 heterocycles. The molecule has 154 valence electrons. The highest BCUT2D eigenvalue weighted by atomic mass is 16.3. The summed E-state index contributed by atoms with van der Waals surface area (Å²) in [6, 6.07) is 9.65. The molecule has 1 fully saturated rings. The fraction of sp³-hybridized carbons (Fsp3) is 0.458. The van der Waals surface area contributed by atoms with Crippen LogP contribution in [0.5, 0.6) is 11.5 Å². The van der Waals surface area contributed by atoms with Gasteiger partial charge in [0.2, 0.25) is 0 Å². The summed E-state index contributed by atoms with van der Waals surface area (Å²) < 4.78 is 0. The normalized spacial score (nSPS) is 16.9. The molecule has 2 aliphatic rings. The topological polar surface area (TPSA) is 72.8 Å². The van der Waals surface area contributed by atoms with Crippen LogP contribution in [0.2, 0.25) is 0 Å². The molecule has 0 unspecified atom stereocenters. The van der Waals surface area contributed by atoms with Gasteiger partial charge in [0.1, 0.15) is 11.5 Å². The Morgan fingerprint density at radius 1 is 1.07 bits per heavy atom. The number of nitrogens with one attached hydrogen (secondary N) is 1. The van der Waals surface area contributed by atoms with Gasteiger partial charge in [0.25, 0.3) is 5.91 Å². The number of hydrogen-bond donors (Lipinski definition) is 3. The van der Waals surface area contributed by atoms with E-state index in [1.807, 2.05) is 19.9 Å². The van der Waals surface area contributed by atoms with E-state index in [1.165, 1.54) is 43.7 Å². The van der Waals surface area contributed by atoms with Crippen LogP contribution >= 0.6 is 0 Å². The van der Waals surface area contributed by atoms with Crippen molar-refractivity contribution < 1.29 is 15.0 Å². The van der Waals surface area contributed by atoms with Gasteiger partial charge < -0.3 is 20.4 Å². The highest BCUT2D eigenvalue weighted by molar-refractivity contribution is 5.97. The number of benzene rings is 2. The van der Waals surface area contributed by atoms with E-state index in [2.05, 4.69) is 17.4 Å². The molecular formula is C24H30N2O3. The molecule has 0 saturated heterocycles. The lowest BCUT2D eigenvalue weighted by Crippen LogP contribution is -2.26. The maximum Gasteiger partial charge on any atom is 0.258 e. The zero-order valence-electron chi connectivity index (χ0n) is 17.2. The van der Waals surface area contributed by atoms with Crippen LogP contribution in [0.15, 0.2) is 30.3 Å². The molecule has 2 aromatic rings. The zero-order valence-corrected chi connectivity index (χ0v) is 17.2. The minimum Gasteiger partial charge on any atom is -0.508 e. The van der Waals surface area contributed by atoms with Crippen molar-refractivity contribution in [3.63, 3.8) is 0 Å². The molecule has 0 spiro atoms. The number of amides is 1. The molecule has 5 heteroatoms. The first kappa shape index (κ1) is 19.6. The van der Waals surface area contributed by atoms with Crippen LogP contribution in [0.1, 0.15) is 78.9 Å². The first-order valence-corrected chi connectivity index (χ1v) is 10.7. The summed E-state index contributed by atoms with van der Waals surface area (Å²) in [5.74, 6) is -0.292. The minimum absolute atomic E-state index is 0.0257. The van der Waals surface area contributed by atoms with Crippen molar-refractivity contribution in [3.8, 4) is 11.5 Å². The summed E-state index contributed by atoms with van der Waals surface area (Å²) in [6.45, 7) is 4.97. The van der Waals surface area contributed by atoms with Gasteiger partial charge in [0.15, 0.2) is 0 Å². The maximum atomic E-state index is 13.2. The third kappa shape index (κ3) is 3.91. The third-order valence-electron chi connectivity index (χ3n) is 6.23. The molecule has 0 bridgehead atoms. The summed E-state index contributed by atoms with van der Waals surface area (Å²) in [7, 11) is 0. The average molecular weight is 395 g/mol. The molecule has 4 rings (SSSR count). The molecule has 0 aromatic heterocycles. The van der Waals surface area contributed by atoms with Gasteiger partial charge in [-0.25, -0.2) is 0 Å². The van der Waals surface area contributed by atoms with E-state index in [9.17, 15) is 15.0 Å². The number of carbonyl (C=O) groups is 1. The Balaban J connectivity index is 1.56. The van der Waals surface area contributed by atoms with Crippen LogP contribution in [0.4, 0.5) is 5.69 Å². The van der Waals surface area contributed by atoms with E-state index >= 15 is 0 Å². The Bertz CT molecular complexity index is 917. The number of hydrogen-bond acceptors (Lipinski definition) is 4. The molecule has 2 aromatic carbocycles. The van der Waals surface area contributed by atoms with E-state index in [0.29, 0.717) is 24.7 Å². The first-order chi connectivity index (χ1) is 13.9. The summed E-state index contributed by atoms with van der Waals surface area (Å²) in [5.41, 5.74) is 4.38. The van der Waals surface area contributed by atoms with Crippen LogP contribution in [-0.2, 0) is 13.1 Å². The van der Waals surface area contributed by atoms with Gasteiger partial charge in [-0.1, -0.05) is 45.2 Å². The Morgan fingerprint density at radius 3 is 2.55 bits per heavy atom. The number of carbonyl (C=O) groups excluding carboxylic acids is 1. The van der Waals surface area contributed by atoms with E-state index in [1.54, 1.807) is 11.0 Å². The predicted octanol–water partition coefficient (Wildman–Crippen LogP) is 5.12. The molecule has 1 amide bonds. The van der Waals surface area contributed by atoms with E-state index in [-0.39, 0.29) is 28.9 Å². The van der Waals surface area contributed by atoms with Crippen molar-refractivity contribution in [2.75, 3.05) is 5.32 Å². The molecule has 0 radical (unpaired) electrons. The molecule has 3 N–H and O–H groups in total. The lowest BCUT2D eigenvalue weighted by Gasteiger charge is -2.25. The largest absolute Gasteiger partial charge is 0.508 e. The second kappa shape index (κ2) is 7.97. The number of rotatable bonds is 4. The highest BCUT2D eigenvalue weighted by Crippen LogP contribution is 2.36. The number of fused-ring (bicyclic) bond motifs is 1. The molecule has 1 aliphatic heterocycles. The van der Waals surface area contributed by atoms with Crippen molar-refractivity contribution >= 4 is 11.6 Å². The number of nitrogens with zero attached hydrogens (tertiary/aromatic N) is 1. The Morgan fingerprint density at radius 2 is 1.83 bits per heavy atom. The standard InChI is InChI=1S/C24H30N2O3/c1-15(2)18-11-19(23(28)12-22(18)27)24(29)26-13-16-7-6-10-21(20(16)14-26)25-17-8-4-3-5-9-17/h6-7,10-12,15,17,25,27-28H,3-5,8-9,13-14H2,1-2H3. The van der Waals surface area contributed by atoms with Crippen molar-refractivity contribution in [3.05, 3.63) is 52.6 Å². The first-order valence-electron chi connectivity index (χ1n) is 10.7. The fourth-order valence-electron chi connectivity index (χ4n) is 4.57. The van der Waals surface area contributed by atoms with E-state index < -0.39 is 0 Å². The summed E-state index contributed by atoms with van der Waals surface area (Å²) >= 11 is 0. The fourth-order valence-corrected chi connectivity index (χ4v) is 4.57. The van der Waals surface area contributed by atoms with Crippen molar-refractivity contribution in [2.45, 2.75) is 71.0 Å². The quantitative estimate of drug-likeness (QED) is 0.673. The number of phenolic OH excluding ortho intramolecular Hbond substituents is 2. The van der Waals surface area contributed by atoms with Crippen molar-refractivity contribution in [1.82, 2.24) is 4.90 Å². The van der Waals surface area contributed by atoms with Crippen LogP contribution in [-0.4, -0.2) is 27.1 Å². The molecule has 5 nitrogen and oxygen atoms in total. The van der Waals surface area contributed by atoms with Crippen LogP contribution in [0, 0.1) is 0 Å². The summed E-state index contributed by atoms with van der Waals surface area (Å²) in [5, 5.41) is 24.1. The van der Waals surface area contributed by atoms with Gasteiger partial charge in [0, 0.05) is 30.9 Å². The van der Waals surface area contributed by atoms with Gasteiger partial charge in [-0.2, -0.15) is 0 Å². The lowest BCUT2D eigenvalue weighted by molar-refractivity contribution is 0.0748. The minimum atomic E-state index is -0.204. The van der Waals surface area contributed by atoms with Crippen molar-refractivity contribution in [1.29, 1.82) is 0 Å². The smallest absolute Gasteiger partial charge is 0.258 e. The molecule has 0 atom stereocenters. The Kier molecular flexibility index (Phi) is 5.39. The van der Waals surface area contributed by atoms with Gasteiger partial charge in [-0.05, 0) is 47.6 Å². The second-order valence-corrected chi connectivity index (χ2v) is 8.67. The van der Waals surface area contributed by atoms with Gasteiger partial charge >= 0.3 is 0 Å². The van der Waals surface area contributed by atoms with Crippen LogP contribution < -0.4 is 5.32 Å². The van der Waals surface area contributed by atoms with Crippen LogP contribution in [0.3, 0.4) is 0 Å². The summed E-state index contributed by atoms with van der Waals surface area (Å²) in [4.78, 5) is 15.0. The van der Waals surface area contributed by atoms with Crippen LogP contribution in [0.25, 0.3) is 0 Å².